The molecule has 1 amide bonds. The third-order valence-corrected chi connectivity index (χ3v) is 3.37. The lowest BCUT2D eigenvalue weighted by Gasteiger charge is -2.32. The van der Waals surface area contributed by atoms with Crippen molar-refractivity contribution in [3.8, 4) is 5.88 Å². The summed E-state index contributed by atoms with van der Waals surface area (Å²) in [5.74, 6) is 0.298. The molecular weight excluding hydrogens is 260 g/mol. The molecule has 0 aromatic carbocycles. The Kier molecular flexibility index (Phi) is 5.31. The van der Waals surface area contributed by atoms with Gasteiger partial charge in [0.05, 0.1) is 26.4 Å². The molecule has 20 heavy (non-hydrogen) atoms. The Morgan fingerprint density at radius 1 is 1.50 bits per heavy atom. The molecule has 0 aliphatic carbocycles. The van der Waals surface area contributed by atoms with Crippen LogP contribution in [0, 0.1) is 0 Å². The van der Waals surface area contributed by atoms with Crippen molar-refractivity contribution in [3.05, 3.63) is 23.9 Å². The topological polar surface area (TPSA) is 71.9 Å². The molecule has 0 atom stereocenters. The number of methoxy groups -OCH3 is 1. The Bertz CT molecular complexity index is 445. The molecule has 110 valence electrons. The van der Waals surface area contributed by atoms with Crippen LogP contribution in [0.2, 0.25) is 0 Å². The lowest BCUT2D eigenvalue weighted by molar-refractivity contribution is -0.00559. The summed E-state index contributed by atoms with van der Waals surface area (Å²) in [6, 6.07) is 3.45. The Labute approximate surface area is 118 Å². The molecule has 1 aliphatic rings. The van der Waals surface area contributed by atoms with Gasteiger partial charge in [-0.3, -0.25) is 4.79 Å². The first-order valence-electron chi connectivity index (χ1n) is 6.77. The summed E-state index contributed by atoms with van der Waals surface area (Å²) in [5.41, 5.74) is 0.490. The number of pyridine rings is 1. The monoisotopic (exact) mass is 280 g/mol. The van der Waals surface area contributed by atoms with Crippen LogP contribution >= 0.6 is 0 Å². The van der Waals surface area contributed by atoms with Crippen molar-refractivity contribution in [3.63, 3.8) is 0 Å². The number of aliphatic hydroxyl groups excluding tert-OH is 1. The average molecular weight is 280 g/mol. The second-order valence-corrected chi connectivity index (χ2v) is 4.65. The second kappa shape index (κ2) is 7.21. The fraction of sp³-hybridized carbons (Fsp3) is 0.571. The molecule has 6 nitrogen and oxygen atoms in total. The van der Waals surface area contributed by atoms with E-state index in [1.165, 1.54) is 7.11 Å². The molecule has 1 aromatic rings. The van der Waals surface area contributed by atoms with Gasteiger partial charge in [-0.2, -0.15) is 0 Å². The third kappa shape index (κ3) is 3.46. The number of ether oxygens (including phenoxy) is 2. The number of hydrogen-bond acceptors (Lipinski definition) is 5. The van der Waals surface area contributed by atoms with E-state index in [4.69, 9.17) is 14.6 Å². The minimum absolute atomic E-state index is 0.0338. The van der Waals surface area contributed by atoms with Crippen LogP contribution in [0.5, 0.6) is 5.88 Å². The second-order valence-electron chi connectivity index (χ2n) is 4.65. The Balaban J connectivity index is 1.94. The summed E-state index contributed by atoms with van der Waals surface area (Å²) in [7, 11) is 1.51. The zero-order chi connectivity index (χ0) is 14.4. The summed E-state index contributed by atoms with van der Waals surface area (Å²) in [6.45, 7) is 1.68. The third-order valence-electron chi connectivity index (χ3n) is 3.37. The zero-order valence-electron chi connectivity index (χ0n) is 11.6. The number of likely N-dealkylation sites (tertiary alicyclic amines) is 1. The molecule has 2 rings (SSSR count). The highest BCUT2D eigenvalue weighted by Gasteiger charge is 2.25. The molecule has 2 heterocycles. The molecule has 0 spiro atoms. The highest BCUT2D eigenvalue weighted by Crippen LogP contribution is 2.20. The van der Waals surface area contributed by atoms with Gasteiger partial charge in [0.15, 0.2) is 0 Å². The van der Waals surface area contributed by atoms with Gasteiger partial charge in [0.2, 0.25) is 5.88 Å². The average Bonchev–Trinajstić information content (AvgIpc) is 2.52. The maximum Gasteiger partial charge on any atom is 0.259 e. The van der Waals surface area contributed by atoms with Gasteiger partial charge in [-0.05, 0) is 25.0 Å². The van der Waals surface area contributed by atoms with Crippen LogP contribution in [0.25, 0.3) is 0 Å². The van der Waals surface area contributed by atoms with E-state index in [0.717, 1.165) is 12.8 Å². The fourth-order valence-corrected chi connectivity index (χ4v) is 2.33. The standard InChI is InChI=1S/C14H20N2O4/c1-19-13-12(3-2-6-15-13)14(18)16-7-4-11(5-8-16)20-10-9-17/h2-3,6,11,17H,4-5,7-10H2,1H3. The van der Waals surface area contributed by atoms with Gasteiger partial charge in [-0.25, -0.2) is 4.98 Å². The zero-order valence-corrected chi connectivity index (χ0v) is 11.6. The minimum atomic E-state index is -0.0597. The van der Waals surface area contributed by atoms with E-state index < -0.39 is 0 Å². The number of aliphatic hydroxyl groups is 1. The quantitative estimate of drug-likeness (QED) is 0.859. The minimum Gasteiger partial charge on any atom is -0.480 e. The van der Waals surface area contributed by atoms with Crippen molar-refractivity contribution in [2.45, 2.75) is 18.9 Å². The van der Waals surface area contributed by atoms with Gasteiger partial charge in [-0.15, -0.1) is 0 Å². The molecule has 1 aliphatic heterocycles. The number of hydrogen-bond donors (Lipinski definition) is 1. The molecule has 0 radical (unpaired) electrons. The number of rotatable bonds is 5. The fourth-order valence-electron chi connectivity index (χ4n) is 2.33. The molecule has 1 saturated heterocycles. The Morgan fingerprint density at radius 3 is 2.90 bits per heavy atom. The molecule has 1 N–H and O–H groups in total. The maximum atomic E-state index is 12.4. The number of carbonyl (C=O) groups is 1. The number of nitrogens with zero attached hydrogens (tertiary/aromatic N) is 2. The number of amides is 1. The van der Waals surface area contributed by atoms with E-state index in [1.54, 1.807) is 23.2 Å². The van der Waals surface area contributed by atoms with Gasteiger partial charge in [-0.1, -0.05) is 0 Å². The van der Waals surface area contributed by atoms with Crippen LogP contribution in [0.3, 0.4) is 0 Å². The highest BCUT2D eigenvalue weighted by atomic mass is 16.5. The molecule has 1 aromatic heterocycles. The molecule has 1 fully saturated rings. The van der Waals surface area contributed by atoms with E-state index in [1.807, 2.05) is 0 Å². The van der Waals surface area contributed by atoms with Gasteiger partial charge in [0.25, 0.3) is 5.91 Å². The van der Waals surface area contributed by atoms with Crippen LogP contribution in [-0.2, 0) is 4.74 Å². The van der Waals surface area contributed by atoms with Crippen LogP contribution in [0.15, 0.2) is 18.3 Å². The lowest BCUT2D eigenvalue weighted by atomic mass is 10.1. The maximum absolute atomic E-state index is 12.4. The Hall–Kier alpha value is -1.66. The molecule has 0 unspecified atom stereocenters. The van der Waals surface area contributed by atoms with Crippen LogP contribution < -0.4 is 4.74 Å². The van der Waals surface area contributed by atoms with Gasteiger partial charge in [0, 0.05) is 19.3 Å². The summed E-state index contributed by atoms with van der Waals surface area (Å²) in [5, 5.41) is 8.73. The van der Waals surface area contributed by atoms with Crippen LogP contribution in [0.4, 0.5) is 0 Å². The van der Waals surface area contributed by atoms with E-state index in [9.17, 15) is 4.79 Å². The van der Waals surface area contributed by atoms with E-state index in [2.05, 4.69) is 4.98 Å². The molecule has 0 saturated carbocycles. The summed E-state index contributed by atoms with van der Waals surface area (Å²) >= 11 is 0. The van der Waals surface area contributed by atoms with Gasteiger partial charge in [0.1, 0.15) is 5.56 Å². The molecule has 6 heteroatoms. The Morgan fingerprint density at radius 2 is 2.25 bits per heavy atom. The van der Waals surface area contributed by atoms with Crippen LogP contribution in [-0.4, -0.2) is 60.4 Å². The number of piperidine rings is 1. The first kappa shape index (κ1) is 14.7. The summed E-state index contributed by atoms with van der Waals surface area (Å²) < 4.78 is 10.6. The van der Waals surface area contributed by atoms with E-state index in [-0.39, 0.29) is 18.6 Å². The summed E-state index contributed by atoms with van der Waals surface area (Å²) in [6.07, 6.45) is 3.30. The van der Waals surface area contributed by atoms with Crippen molar-refractivity contribution in [2.24, 2.45) is 0 Å². The van der Waals surface area contributed by atoms with Crippen molar-refractivity contribution >= 4 is 5.91 Å². The van der Waals surface area contributed by atoms with Gasteiger partial charge >= 0.3 is 0 Å². The van der Waals surface area contributed by atoms with Crippen molar-refractivity contribution in [1.29, 1.82) is 0 Å². The normalized spacial score (nSPS) is 16.2. The first-order chi connectivity index (χ1) is 9.76. The van der Waals surface area contributed by atoms with E-state index >= 15 is 0 Å². The highest BCUT2D eigenvalue weighted by molar-refractivity contribution is 5.96. The lowest BCUT2D eigenvalue weighted by Crippen LogP contribution is -2.41. The van der Waals surface area contributed by atoms with Crippen molar-refractivity contribution < 1.29 is 19.4 Å². The van der Waals surface area contributed by atoms with Crippen molar-refractivity contribution in [1.82, 2.24) is 9.88 Å². The first-order valence-corrected chi connectivity index (χ1v) is 6.77. The van der Waals surface area contributed by atoms with Crippen LogP contribution in [0.1, 0.15) is 23.2 Å². The number of aromatic nitrogens is 1. The predicted molar refractivity (Wildman–Crippen MR) is 72.8 cm³/mol. The molecular formula is C14H20N2O4. The largest absolute Gasteiger partial charge is 0.480 e. The molecule has 0 bridgehead atoms. The van der Waals surface area contributed by atoms with Gasteiger partial charge < -0.3 is 19.5 Å². The summed E-state index contributed by atoms with van der Waals surface area (Å²) in [4.78, 5) is 18.3. The van der Waals surface area contributed by atoms with Crippen molar-refractivity contribution in [2.75, 3.05) is 33.4 Å². The number of carbonyl (C=O) groups excluding carboxylic acids is 1. The predicted octanol–water partition coefficient (Wildman–Crippen LogP) is 0.704. The smallest absolute Gasteiger partial charge is 0.259 e. The van der Waals surface area contributed by atoms with E-state index in [0.29, 0.717) is 31.1 Å². The SMILES string of the molecule is COc1ncccc1C(=O)N1CCC(OCCO)CC1.